The molecule has 0 atom stereocenters. The van der Waals surface area contributed by atoms with E-state index < -0.39 is 23.5 Å². The summed E-state index contributed by atoms with van der Waals surface area (Å²) in [4.78, 5) is 12.2. The number of halogens is 4. The molecule has 0 bridgehead atoms. The fraction of sp³-hybridized carbons (Fsp3) is 0.346. The third-order valence-corrected chi connectivity index (χ3v) is 6.41. The van der Waals surface area contributed by atoms with Crippen molar-refractivity contribution in [2.24, 2.45) is 0 Å². The highest BCUT2D eigenvalue weighted by Crippen LogP contribution is 2.41. The molecule has 0 saturated heterocycles. The van der Waals surface area contributed by atoms with Gasteiger partial charge in [0.25, 0.3) is 0 Å². The van der Waals surface area contributed by atoms with Crippen LogP contribution in [0.5, 0.6) is 0 Å². The Bertz CT molecular complexity index is 1450. The van der Waals surface area contributed by atoms with Gasteiger partial charge in [-0.15, -0.1) is 10.2 Å². The van der Waals surface area contributed by atoms with Gasteiger partial charge in [0.2, 0.25) is 0 Å². The lowest BCUT2D eigenvalue weighted by Crippen LogP contribution is -2.12. The molecule has 0 spiro atoms. The highest BCUT2D eigenvalue weighted by Gasteiger charge is 2.33. The molecular weight excluding hydrogens is 476 g/mol. The van der Waals surface area contributed by atoms with E-state index in [0.29, 0.717) is 33.4 Å². The zero-order chi connectivity index (χ0) is 25.6. The fourth-order valence-corrected chi connectivity index (χ4v) is 4.53. The van der Waals surface area contributed by atoms with Gasteiger partial charge in [-0.2, -0.15) is 13.2 Å². The van der Waals surface area contributed by atoms with Gasteiger partial charge in [0.1, 0.15) is 24.0 Å². The number of aryl methyl sites for hydroxylation is 1. The van der Waals surface area contributed by atoms with Crippen LogP contribution in [-0.4, -0.2) is 31.9 Å². The number of aromatic nitrogens is 4. The Morgan fingerprint density at radius 3 is 2.58 bits per heavy atom. The van der Waals surface area contributed by atoms with E-state index in [1.807, 2.05) is 4.57 Å². The van der Waals surface area contributed by atoms with Crippen molar-refractivity contribution in [2.75, 3.05) is 6.61 Å². The largest absolute Gasteiger partial charge is 0.465 e. The maximum Gasteiger partial charge on any atom is 0.416 e. The predicted molar refractivity (Wildman–Crippen MR) is 125 cm³/mol. The maximum atomic E-state index is 14.3. The normalized spacial score (nSPS) is 13.9. The van der Waals surface area contributed by atoms with Crippen LogP contribution in [0.4, 0.5) is 17.6 Å². The Kier molecular flexibility index (Phi) is 6.05. The van der Waals surface area contributed by atoms with Gasteiger partial charge in [-0.05, 0) is 68.1 Å². The molecule has 10 heteroatoms. The van der Waals surface area contributed by atoms with Crippen molar-refractivity contribution in [3.8, 4) is 11.1 Å². The second-order valence-electron chi connectivity index (χ2n) is 8.97. The van der Waals surface area contributed by atoms with Crippen molar-refractivity contribution >= 4 is 16.9 Å². The zero-order valence-electron chi connectivity index (χ0n) is 19.8. The third-order valence-electron chi connectivity index (χ3n) is 6.41. The average molecular weight is 500 g/mol. The molecule has 1 aliphatic carbocycles. The summed E-state index contributed by atoms with van der Waals surface area (Å²) in [5.74, 6) is 0.660. The molecule has 4 aromatic rings. The molecule has 0 unspecified atom stereocenters. The third kappa shape index (κ3) is 4.59. The second kappa shape index (κ2) is 9.07. The van der Waals surface area contributed by atoms with Crippen molar-refractivity contribution < 1.29 is 27.1 Å². The highest BCUT2D eigenvalue weighted by molar-refractivity contribution is 5.97. The van der Waals surface area contributed by atoms with Crippen molar-refractivity contribution in [2.45, 2.75) is 51.9 Å². The van der Waals surface area contributed by atoms with Crippen molar-refractivity contribution in [3.63, 3.8) is 0 Å². The van der Waals surface area contributed by atoms with Crippen LogP contribution in [0, 0.1) is 12.7 Å². The number of fused-ring (bicyclic) bond motifs is 1. The van der Waals surface area contributed by atoms with Crippen molar-refractivity contribution in [1.29, 1.82) is 0 Å². The monoisotopic (exact) mass is 500 g/mol. The Morgan fingerprint density at radius 2 is 1.89 bits per heavy atom. The van der Waals surface area contributed by atoms with E-state index in [1.165, 1.54) is 18.2 Å². The van der Waals surface area contributed by atoms with Crippen LogP contribution in [0.25, 0.3) is 22.0 Å². The van der Waals surface area contributed by atoms with Crippen molar-refractivity contribution in [3.05, 3.63) is 71.2 Å². The van der Waals surface area contributed by atoms with E-state index in [0.717, 1.165) is 30.8 Å². The number of carbonyl (C=O) groups is 1. The first-order valence-corrected chi connectivity index (χ1v) is 11.7. The summed E-state index contributed by atoms with van der Waals surface area (Å²) in [6.45, 7) is 3.70. The number of nitrogens with zero attached hydrogens (tertiary/aromatic N) is 4. The Morgan fingerprint density at radius 1 is 1.11 bits per heavy atom. The van der Waals surface area contributed by atoms with E-state index in [9.17, 15) is 22.4 Å². The maximum absolute atomic E-state index is 14.3. The van der Waals surface area contributed by atoms with Crippen LogP contribution in [0.1, 0.15) is 48.5 Å². The number of ether oxygens (including phenoxy) is 1. The molecule has 6 nitrogen and oxygen atoms in total. The summed E-state index contributed by atoms with van der Waals surface area (Å²) in [5, 5.41) is 8.89. The van der Waals surface area contributed by atoms with Gasteiger partial charge in [0, 0.05) is 28.6 Å². The minimum absolute atomic E-state index is 0.109. The molecule has 2 aromatic carbocycles. The molecule has 0 amide bonds. The summed E-state index contributed by atoms with van der Waals surface area (Å²) in [5.41, 5.74) is 1.23. The molecule has 0 aliphatic heterocycles. The van der Waals surface area contributed by atoms with Gasteiger partial charge in [0.05, 0.1) is 18.7 Å². The number of esters is 1. The number of carbonyl (C=O) groups excluding carboxylic acids is 1. The summed E-state index contributed by atoms with van der Waals surface area (Å²) < 4.78 is 63.8. The predicted octanol–water partition coefficient (Wildman–Crippen LogP) is 5.85. The summed E-state index contributed by atoms with van der Waals surface area (Å²) >= 11 is 0. The first-order valence-electron chi connectivity index (χ1n) is 11.7. The van der Waals surface area contributed by atoms with Crippen LogP contribution in [0.3, 0.4) is 0 Å². The van der Waals surface area contributed by atoms with Crippen LogP contribution in [0.2, 0.25) is 0 Å². The van der Waals surface area contributed by atoms with E-state index in [2.05, 4.69) is 10.2 Å². The van der Waals surface area contributed by atoms with E-state index in [4.69, 9.17) is 4.74 Å². The zero-order valence-corrected chi connectivity index (χ0v) is 19.8. The first kappa shape index (κ1) is 24.0. The summed E-state index contributed by atoms with van der Waals surface area (Å²) in [7, 11) is 0. The molecule has 0 radical (unpaired) electrons. The van der Waals surface area contributed by atoms with Crippen LogP contribution < -0.4 is 0 Å². The molecule has 1 fully saturated rings. The Balaban J connectivity index is 1.67. The Hall–Kier alpha value is -3.69. The number of alkyl halides is 3. The minimum atomic E-state index is -4.53. The highest BCUT2D eigenvalue weighted by atomic mass is 19.4. The summed E-state index contributed by atoms with van der Waals surface area (Å²) in [6.07, 6.45) is -0.935. The minimum Gasteiger partial charge on any atom is -0.465 e. The smallest absolute Gasteiger partial charge is 0.416 e. The first-order chi connectivity index (χ1) is 17.2. The van der Waals surface area contributed by atoms with Gasteiger partial charge in [-0.1, -0.05) is 6.07 Å². The molecule has 36 heavy (non-hydrogen) atoms. The van der Waals surface area contributed by atoms with Crippen LogP contribution in [0.15, 0.2) is 42.6 Å². The number of benzene rings is 2. The molecule has 188 valence electrons. The number of rotatable bonds is 7. The van der Waals surface area contributed by atoms with Gasteiger partial charge in [-0.3, -0.25) is 4.79 Å². The number of hydrogen-bond donors (Lipinski definition) is 0. The lowest BCUT2D eigenvalue weighted by atomic mass is 9.96. The molecule has 1 aliphatic rings. The van der Waals surface area contributed by atoms with E-state index in [1.54, 1.807) is 30.7 Å². The molecule has 5 rings (SSSR count). The van der Waals surface area contributed by atoms with Gasteiger partial charge >= 0.3 is 12.1 Å². The van der Waals surface area contributed by atoms with Crippen LogP contribution >= 0.6 is 0 Å². The quantitative estimate of drug-likeness (QED) is 0.236. The fourth-order valence-electron chi connectivity index (χ4n) is 4.53. The lowest BCUT2D eigenvalue weighted by molar-refractivity contribution is -0.143. The molecule has 0 N–H and O–H groups in total. The van der Waals surface area contributed by atoms with Gasteiger partial charge in [-0.25, -0.2) is 4.39 Å². The van der Waals surface area contributed by atoms with E-state index in [-0.39, 0.29) is 25.6 Å². The van der Waals surface area contributed by atoms with E-state index >= 15 is 0 Å². The molecule has 2 aromatic heterocycles. The van der Waals surface area contributed by atoms with Crippen molar-refractivity contribution in [1.82, 2.24) is 19.3 Å². The average Bonchev–Trinajstić information content (AvgIpc) is 3.52. The molecular formula is C26H24F4N4O2. The van der Waals surface area contributed by atoms with Gasteiger partial charge < -0.3 is 13.9 Å². The SMILES string of the molecule is CCOC(=O)Cn1cc(-c2ccc(C(F)(F)F)cc2Cn2c(C)nnc2C2CC2)c2cc(F)ccc21. The Labute approximate surface area is 204 Å². The topological polar surface area (TPSA) is 61.9 Å². The summed E-state index contributed by atoms with van der Waals surface area (Å²) in [6, 6.07) is 7.71. The molecule has 1 saturated carbocycles. The standard InChI is InChI=1S/C26H24F4N4O2/c1-3-36-24(35)14-33-13-22(21-11-19(27)7-9-23(21)33)20-8-6-18(26(28,29)30)10-17(20)12-34-15(2)31-32-25(34)16-4-5-16/h6-11,13,16H,3-5,12,14H2,1-2H3. The molecule has 2 heterocycles. The number of hydrogen-bond acceptors (Lipinski definition) is 4. The second-order valence-corrected chi connectivity index (χ2v) is 8.97. The van der Waals surface area contributed by atoms with Crippen LogP contribution in [-0.2, 0) is 28.8 Å². The lowest BCUT2D eigenvalue weighted by Gasteiger charge is -2.16. The van der Waals surface area contributed by atoms with Gasteiger partial charge in [0.15, 0.2) is 0 Å².